The molecule has 3 rings (SSSR count). The molecule has 2 aromatic carbocycles. The Labute approximate surface area is 152 Å². The third-order valence-corrected chi connectivity index (χ3v) is 7.15. The van der Waals surface area contributed by atoms with Gasteiger partial charge >= 0.3 is 0 Å². The summed E-state index contributed by atoms with van der Waals surface area (Å²) >= 11 is 6.07. The van der Waals surface area contributed by atoms with Gasteiger partial charge < -0.3 is 4.74 Å². The van der Waals surface area contributed by atoms with Gasteiger partial charge in [0.05, 0.1) is 22.8 Å². The maximum atomic E-state index is 13.2. The number of halogens is 1. The first-order valence-corrected chi connectivity index (χ1v) is 9.93. The smallest absolute Gasteiger partial charge is 0.183 e. The minimum absolute atomic E-state index is 0.0773. The first-order valence-electron chi connectivity index (χ1n) is 8.01. The van der Waals surface area contributed by atoms with Gasteiger partial charge in [-0.15, -0.1) is 0 Å². The van der Waals surface area contributed by atoms with Crippen molar-refractivity contribution in [3.05, 3.63) is 65.2 Å². The molecule has 3 atom stereocenters. The fraction of sp³-hybridized carbons (Fsp3) is 0.316. The van der Waals surface area contributed by atoms with Crippen LogP contribution in [0.5, 0.6) is 0 Å². The average molecular weight is 376 g/mol. The van der Waals surface area contributed by atoms with Gasteiger partial charge in [0.2, 0.25) is 0 Å². The highest BCUT2D eigenvalue weighted by Gasteiger charge is 2.72. The van der Waals surface area contributed by atoms with Gasteiger partial charge in [0.1, 0.15) is 5.41 Å². The summed E-state index contributed by atoms with van der Waals surface area (Å²) in [5.41, 5.74) is -0.353. The van der Waals surface area contributed by atoms with E-state index in [1.807, 2.05) is 13.0 Å². The summed E-state index contributed by atoms with van der Waals surface area (Å²) in [5, 5.41) is 9.50. The lowest BCUT2D eigenvalue weighted by Crippen LogP contribution is -2.19. The van der Waals surface area contributed by atoms with Crippen molar-refractivity contribution in [1.82, 2.24) is 0 Å². The number of ether oxygens (including phenoxy) is 1. The molecule has 1 saturated carbocycles. The Morgan fingerprint density at radius 3 is 2.52 bits per heavy atom. The molecule has 0 radical (unpaired) electrons. The Morgan fingerprint density at radius 1 is 1.20 bits per heavy atom. The minimum Gasteiger partial charge on any atom is -0.380 e. The van der Waals surface area contributed by atoms with E-state index in [0.717, 1.165) is 5.56 Å². The second-order valence-corrected chi connectivity index (χ2v) is 8.61. The van der Waals surface area contributed by atoms with E-state index in [9.17, 15) is 13.7 Å². The molecule has 2 aromatic rings. The molecular formula is C19H18ClNO3S. The van der Waals surface area contributed by atoms with Gasteiger partial charge in [-0.3, -0.25) is 0 Å². The third kappa shape index (κ3) is 3.06. The number of nitriles is 1. The van der Waals surface area contributed by atoms with Crippen LogP contribution in [0.3, 0.4) is 0 Å². The molecule has 130 valence electrons. The SMILES string of the molecule is CCOCC1(C#N)C(c2cccc(Cl)c2)C1S(=O)(=O)c1ccccc1. The number of sulfone groups is 1. The van der Waals surface area contributed by atoms with Crippen LogP contribution in [0.25, 0.3) is 0 Å². The Morgan fingerprint density at radius 2 is 1.92 bits per heavy atom. The largest absolute Gasteiger partial charge is 0.380 e. The Bertz CT molecular complexity index is 908. The molecule has 0 heterocycles. The van der Waals surface area contributed by atoms with Gasteiger partial charge in [-0.1, -0.05) is 41.9 Å². The van der Waals surface area contributed by atoms with Gasteiger partial charge in [0, 0.05) is 17.5 Å². The van der Waals surface area contributed by atoms with E-state index < -0.39 is 26.4 Å². The summed E-state index contributed by atoms with van der Waals surface area (Å²) in [6, 6.07) is 17.5. The summed E-state index contributed by atoms with van der Waals surface area (Å²) in [7, 11) is -3.67. The summed E-state index contributed by atoms with van der Waals surface area (Å²) < 4.78 is 31.8. The van der Waals surface area contributed by atoms with Crippen LogP contribution < -0.4 is 0 Å². The second-order valence-electron chi connectivity index (χ2n) is 6.10. The van der Waals surface area contributed by atoms with E-state index in [1.54, 1.807) is 48.5 Å². The molecule has 0 N–H and O–H groups in total. The maximum absolute atomic E-state index is 13.2. The Kier molecular flexibility index (Phi) is 4.88. The second kappa shape index (κ2) is 6.80. The van der Waals surface area contributed by atoms with Crippen LogP contribution in [0.1, 0.15) is 18.4 Å². The van der Waals surface area contributed by atoms with Crippen LogP contribution in [0, 0.1) is 16.7 Å². The quantitative estimate of drug-likeness (QED) is 0.769. The normalized spacial score (nSPS) is 25.3. The van der Waals surface area contributed by atoms with Crippen LogP contribution in [0.4, 0.5) is 0 Å². The first kappa shape index (κ1) is 17.9. The summed E-state index contributed by atoms with van der Waals surface area (Å²) in [4.78, 5) is 0.223. The summed E-state index contributed by atoms with van der Waals surface area (Å²) in [6.45, 7) is 2.32. The van der Waals surface area contributed by atoms with Crippen molar-refractivity contribution in [1.29, 1.82) is 5.26 Å². The van der Waals surface area contributed by atoms with Crippen LogP contribution in [-0.2, 0) is 14.6 Å². The van der Waals surface area contributed by atoms with Gasteiger partial charge in [0.15, 0.2) is 9.84 Å². The summed E-state index contributed by atoms with van der Waals surface area (Å²) in [6.07, 6.45) is 0. The average Bonchev–Trinajstić information content (AvgIpc) is 3.31. The Hall–Kier alpha value is -1.87. The predicted octanol–water partition coefficient (Wildman–Crippen LogP) is 3.83. The Balaban J connectivity index is 2.08. The van der Waals surface area contributed by atoms with E-state index in [2.05, 4.69) is 6.07 Å². The zero-order valence-corrected chi connectivity index (χ0v) is 15.3. The topological polar surface area (TPSA) is 67.2 Å². The predicted molar refractivity (Wildman–Crippen MR) is 96.1 cm³/mol. The van der Waals surface area contributed by atoms with Gasteiger partial charge in [-0.25, -0.2) is 8.42 Å². The zero-order chi connectivity index (χ0) is 18.1. The lowest BCUT2D eigenvalue weighted by molar-refractivity contribution is 0.117. The van der Waals surface area contributed by atoms with Crippen LogP contribution >= 0.6 is 11.6 Å². The lowest BCUT2D eigenvalue weighted by Gasteiger charge is -2.09. The van der Waals surface area contributed by atoms with Crippen molar-refractivity contribution in [2.75, 3.05) is 13.2 Å². The molecule has 0 aliphatic heterocycles. The van der Waals surface area contributed by atoms with Crippen molar-refractivity contribution < 1.29 is 13.2 Å². The molecule has 0 amide bonds. The molecule has 4 nitrogen and oxygen atoms in total. The molecule has 1 aliphatic rings. The molecular weight excluding hydrogens is 358 g/mol. The van der Waals surface area contributed by atoms with Crippen LogP contribution in [-0.4, -0.2) is 26.9 Å². The monoisotopic (exact) mass is 375 g/mol. The van der Waals surface area contributed by atoms with Crippen molar-refractivity contribution in [3.8, 4) is 6.07 Å². The number of nitrogens with zero attached hydrogens (tertiary/aromatic N) is 1. The van der Waals surface area contributed by atoms with E-state index in [1.165, 1.54) is 0 Å². The standard InChI is InChI=1S/C19H18ClNO3S/c1-2-24-13-19(12-21)17(14-7-6-8-15(20)11-14)18(19)25(22,23)16-9-4-3-5-10-16/h3-11,17-18H,2,13H2,1H3. The number of benzene rings is 2. The fourth-order valence-corrected chi connectivity index (χ4v) is 5.93. The van der Waals surface area contributed by atoms with Crippen molar-refractivity contribution >= 4 is 21.4 Å². The molecule has 3 unspecified atom stereocenters. The van der Waals surface area contributed by atoms with E-state index in [-0.39, 0.29) is 11.5 Å². The molecule has 0 bridgehead atoms. The highest BCUT2D eigenvalue weighted by molar-refractivity contribution is 7.92. The van der Waals surface area contributed by atoms with Crippen molar-refractivity contribution in [3.63, 3.8) is 0 Å². The van der Waals surface area contributed by atoms with E-state index in [4.69, 9.17) is 16.3 Å². The highest BCUT2D eigenvalue weighted by Crippen LogP contribution is 2.64. The van der Waals surface area contributed by atoms with Gasteiger partial charge in [-0.2, -0.15) is 5.26 Å². The minimum atomic E-state index is -3.67. The molecule has 0 aromatic heterocycles. The zero-order valence-electron chi connectivity index (χ0n) is 13.7. The third-order valence-electron chi connectivity index (χ3n) is 4.62. The van der Waals surface area contributed by atoms with Crippen LogP contribution in [0.15, 0.2) is 59.5 Å². The van der Waals surface area contributed by atoms with Gasteiger partial charge in [-0.05, 0) is 36.8 Å². The van der Waals surface area contributed by atoms with Crippen molar-refractivity contribution in [2.45, 2.75) is 23.0 Å². The maximum Gasteiger partial charge on any atom is 0.183 e. The molecule has 0 spiro atoms. The van der Waals surface area contributed by atoms with E-state index >= 15 is 0 Å². The number of hydrogen-bond acceptors (Lipinski definition) is 4. The van der Waals surface area contributed by atoms with Crippen LogP contribution in [0.2, 0.25) is 5.02 Å². The fourth-order valence-electron chi connectivity index (χ4n) is 3.40. The molecule has 6 heteroatoms. The first-order chi connectivity index (χ1) is 12.0. The molecule has 0 saturated heterocycles. The van der Waals surface area contributed by atoms with Crippen molar-refractivity contribution in [2.24, 2.45) is 5.41 Å². The molecule has 1 fully saturated rings. The van der Waals surface area contributed by atoms with E-state index in [0.29, 0.717) is 11.6 Å². The molecule has 1 aliphatic carbocycles. The van der Waals surface area contributed by atoms with Gasteiger partial charge in [0.25, 0.3) is 0 Å². The highest BCUT2D eigenvalue weighted by atomic mass is 35.5. The number of hydrogen-bond donors (Lipinski definition) is 0. The molecule has 25 heavy (non-hydrogen) atoms. The lowest BCUT2D eigenvalue weighted by atomic mass is 10.0. The summed E-state index contributed by atoms with van der Waals surface area (Å²) in [5.74, 6) is -0.465. The number of rotatable bonds is 6.